The molecule has 0 aliphatic carbocycles. The van der Waals surface area contributed by atoms with Gasteiger partial charge >= 0.3 is 0 Å². The third kappa shape index (κ3) is 3.43. The molecule has 0 unspecified atom stereocenters. The summed E-state index contributed by atoms with van der Waals surface area (Å²) in [6.07, 6.45) is 0.927. The SMILES string of the molecule is COCCCN(C)c1c(CO)c(C)nn1-c1ccccc1. The van der Waals surface area contributed by atoms with Crippen LogP contribution in [0.3, 0.4) is 0 Å². The summed E-state index contributed by atoms with van der Waals surface area (Å²) in [6.45, 7) is 3.48. The molecule has 0 atom stereocenters. The fourth-order valence-electron chi connectivity index (χ4n) is 2.43. The van der Waals surface area contributed by atoms with E-state index in [9.17, 15) is 5.11 Å². The Morgan fingerprint density at radius 3 is 2.62 bits per heavy atom. The number of benzene rings is 1. The molecule has 5 heteroatoms. The Bertz CT molecular complexity index is 566. The molecule has 2 aromatic rings. The van der Waals surface area contributed by atoms with Gasteiger partial charge < -0.3 is 14.7 Å². The Labute approximate surface area is 125 Å². The van der Waals surface area contributed by atoms with E-state index in [4.69, 9.17) is 4.74 Å². The number of aliphatic hydroxyl groups is 1. The zero-order valence-corrected chi connectivity index (χ0v) is 12.9. The zero-order chi connectivity index (χ0) is 15.2. The molecule has 21 heavy (non-hydrogen) atoms. The average Bonchev–Trinajstić information content (AvgIpc) is 2.85. The van der Waals surface area contributed by atoms with E-state index >= 15 is 0 Å². The molecule has 0 saturated carbocycles. The fraction of sp³-hybridized carbons (Fsp3) is 0.438. The predicted octanol–water partition coefficient (Wildman–Crippen LogP) is 2.15. The number of nitrogens with zero attached hydrogens (tertiary/aromatic N) is 3. The molecule has 1 heterocycles. The normalized spacial score (nSPS) is 10.9. The summed E-state index contributed by atoms with van der Waals surface area (Å²) >= 11 is 0. The van der Waals surface area contributed by atoms with Gasteiger partial charge in [0.2, 0.25) is 0 Å². The number of methoxy groups -OCH3 is 1. The van der Waals surface area contributed by atoms with Crippen molar-refractivity contribution in [3.05, 3.63) is 41.6 Å². The van der Waals surface area contributed by atoms with E-state index in [1.165, 1.54) is 0 Å². The van der Waals surface area contributed by atoms with Crippen LogP contribution in [0.1, 0.15) is 17.7 Å². The Balaban J connectivity index is 2.37. The molecule has 0 fully saturated rings. The lowest BCUT2D eigenvalue weighted by atomic mass is 10.2. The van der Waals surface area contributed by atoms with Crippen LogP contribution in [-0.2, 0) is 11.3 Å². The van der Waals surface area contributed by atoms with Crippen molar-refractivity contribution < 1.29 is 9.84 Å². The third-order valence-corrected chi connectivity index (χ3v) is 3.52. The van der Waals surface area contributed by atoms with Crippen molar-refractivity contribution in [2.24, 2.45) is 0 Å². The van der Waals surface area contributed by atoms with Crippen molar-refractivity contribution in [1.82, 2.24) is 9.78 Å². The van der Waals surface area contributed by atoms with E-state index in [-0.39, 0.29) is 6.61 Å². The summed E-state index contributed by atoms with van der Waals surface area (Å²) in [7, 11) is 3.72. The highest BCUT2D eigenvalue weighted by Gasteiger charge is 2.18. The van der Waals surface area contributed by atoms with Crippen LogP contribution < -0.4 is 4.90 Å². The Morgan fingerprint density at radius 2 is 2.00 bits per heavy atom. The first kappa shape index (κ1) is 15.5. The van der Waals surface area contributed by atoms with Gasteiger partial charge in [-0.3, -0.25) is 0 Å². The van der Waals surface area contributed by atoms with Crippen LogP contribution in [0.15, 0.2) is 30.3 Å². The average molecular weight is 289 g/mol. The van der Waals surface area contributed by atoms with Gasteiger partial charge in [0.1, 0.15) is 5.82 Å². The summed E-state index contributed by atoms with van der Waals surface area (Å²) in [5.41, 5.74) is 2.72. The lowest BCUT2D eigenvalue weighted by Gasteiger charge is -2.21. The number of aliphatic hydroxyl groups excluding tert-OH is 1. The van der Waals surface area contributed by atoms with E-state index in [1.807, 2.05) is 49.0 Å². The maximum absolute atomic E-state index is 9.68. The van der Waals surface area contributed by atoms with Crippen molar-refractivity contribution in [3.63, 3.8) is 0 Å². The van der Waals surface area contributed by atoms with Gasteiger partial charge in [-0.2, -0.15) is 5.10 Å². The highest BCUT2D eigenvalue weighted by Crippen LogP contribution is 2.26. The number of hydrogen-bond donors (Lipinski definition) is 1. The van der Waals surface area contributed by atoms with Crippen LogP contribution in [0.4, 0.5) is 5.82 Å². The molecule has 0 aliphatic rings. The lowest BCUT2D eigenvalue weighted by molar-refractivity contribution is 0.196. The van der Waals surface area contributed by atoms with Gasteiger partial charge in [-0.05, 0) is 25.5 Å². The van der Waals surface area contributed by atoms with E-state index in [1.54, 1.807) is 7.11 Å². The van der Waals surface area contributed by atoms with Gasteiger partial charge in [0.05, 0.1) is 18.0 Å². The van der Waals surface area contributed by atoms with Crippen LogP contribution in [0.25, 0.3) is 5.69 Å². The van der Waals surface area contributed by atoms with Crippen molar-refractivity contribution in [3.8, 4) is 5.69 Å². The molecule has 1 aromatic heterocycles. The van der Waals surface area contributed by atoms with Crippen LogP contribution in [0, 0.1) is 6.92 Å². The minimum Gasteiger partial charge on any atom is -0.391 e. The van der Waals surface area contributed by atoms with E-state index < -0.39 is 0 Å². The van der Waals surface area contributed by atoms with Crippen molar-refractivity contribution >= 4 is 5.82 Å². The first-order valence-electron chi connectivity index (χ1n) is 7.14. The van der Waals surface area contributed by atoms with Gasteiger partial charge in [0.25, 0.3) is 0 Å². The first-order chi connectivity index (χ1) is 10.2. The van der Waals surface area contributed by atoms with E-state index in [0.717, 1.165) is 42.3 Å². The largest absolute Gasteiger partial charge is 0.391 e. The number of aromatic nitrogens is 2. The summed E-state index contributed by atoms with van der Waals surface area (Å²) in [6, 6.07) is 9.98. The van der Waals surface area contributed by atoms with Gasteiger partial charge in [0, 0.05) is 32.9 Å². The molecule has 0 spiro atoms. The van der Waals surface area contributed by atoms with E-state index in [2.05, 4.69) is 10.00 Å². The van der Waals surface area contributed by atoms with Crippen molar-refractivity contribution in [2.45, 2.75) is 20.0 Å². The predicted molar refractivity (Wildman–Crippen MR) is 84.0 cm³/mol. The number of aryl methyl sites for hydroxylation is 1. The summed E-state index contributed by atoms with van der Waals surface area (Å²) < 4.78 is 7.00. The minimum absolute atomic E-state index is 0.0113. The van der Waals surface area contributed by atoms with Crippen LogP contribution in [0.5, 0.6) is 0 Å². The van der Waals surface area contributed by atoms with Crippen LogP contribution in [-0.4, -0.2) is 42.2 Å². The molecule has 0 bridgehead atoms. The number of para-hydroxylation sites is 1. The maximum Gasteiger partial charge on any atom is 0.137 e. The van der Waals surface area contributed by atoms with E-state index in [0.29, 0.717) is 0 Å². The molecule has 1 aromatic carbocycles. The molecule has 1 N–H and O–H groups in total. The highest BCUT2D eigenvalue weighted by atomic mass is 16.5. The number of hydrogen-bond acceptors (Lipinski definition) is 4. The maximum atomic E-state index is 9.68. The summed E-state index contributed by atoms with van der Waals surface area (Å²) in [5.74, 6) is 0.942. The monoisotopic (exact) mass is 289 g/mol. The first-order valence-corrected chi connectivity index (χ1v) is 7.14. The number of rotatable bonds is 7. The van der Waals surface area contributed by atoms with Gasteiger partial charge in [0.15, 0.2) is 0 Å². The lowest BCUT2D eigenvalue weighted by Crippen LogP contribution is -2.23. The Kier molecular flexibility index (Phi) is 5.36. The highest BCUT2D eigenvalue weighted by molar-refractivity contribution is 5.54. The fourth-order valence-corrected chi connectivity index (χ4v) is 2.43. The van der Waals surface area contributed by atoms with Gasteiger partial charge in [-0.1, -0.05) is 18.2 Å². The molecule has 0 amide bonds. The molecular weight excluding hydrogens is 266 g/mol. The van der Waals surface area contributed by atoms with Crippen LogP contribution in [0.2, 0.25) is 0 Å². The van der Waals surface area contributed by atoms with Gasteiger partial charge in [-0.25, -0.2) is 4.68 Å². The second-order valence-corrected chi connectivity index (χ2v) is 5.06. The summed E-state index contributed by atoms with van der Waals surface area (Å²) in [5, 5.41) is 14.3. The van der Waals surface area contributed by atoms with Crippen molar-refractivity contribution in [2.75, 3.05) is 32.2 Å². The quantitative estimate of drug-likeness (QED) is 0.794. The van der Waals surface area contributed by atoms with Gasteiger partial charge in [-0.15, -0.1) is 0 Å². The number of anilines is 1. The molecular formula is C16H23N3O2. The standard InChI is InChI=1S/C16H23N3O2/c1-13-15(12-20)16(18(2)10-7-11-21-3)19(17-13)14-8-5-4-6-9-14/h4-6,8-9,20H,7,10-12H2,1-3H3. The Hall–Kier alpha value is -1.85. The molecule has 0 radical (unpaired) electrons. The zero-order valence-electron chi connectivity index (χ0n) is 12.9. The van der Waals surface area contributed by atoms with Crippen molar-refractivity contribution in [1.29, 1.82) is 0 Å². The molecule has 0 aliphatic heterocycles. The smallest absolute Gasteiger partial charge is 0.137 e. The second kappa shape index (κ2) is 7.24. The molecule has 114 valence electrons. The number of ether oxygens (including phenoxy) is 1. The summed E-state index contributed by atoms with van der Waals surface area (Å²) in [4.78, 5) is 2.12. The molecule has 5 nitrogen and oxygen atoms in total. The van der Waals surface area contributed by atoms with Crippen LogP contribution >= 0.6 is 0 Å². The minimum atomic E-state index is -0.0113. The Morgan fingerprint density at radius 1 is 1.29 bits per heavy atom. The second-order valence-electron chi connectivity index (χ2n) is 5.06. The topological polar surface area (TPSA) is 50.5 Å². The molecule has 0 saturated heterocycles. The molecule has 2 rings (SSSR count). The third-order valence-electron chi connectivity index (χ3n) is 3.52.